The van der Waals surface area contributed by atoms with E-state index in [1.807, 2.05) is 0 Å². The molecule has 1 aromatic heterocycles. The summed E-state index contributed by atoms with van der Waals surface area (Å²) in [4.78, 5) is 16.8. The van der Waals surface area contributed by atoms with E-state index in [1.165, 1.54) is 7.11 Å². The summed E-state index contributed by atoms with van der Waals surface area (Å²) in [5.41, 5.74) is 1.19. The van der Waals surface area contributed by atoms with Crippen LogP contribution in [0.1, 0.15) is 24.1 Å². The number of methoxy groups -OCH3 is 1. The van der Waals surface area contributed by atoms with Gasteiger partial charge in [0, 0.05) is 30.9 Å². The number of rotatable bonds is 4. The number of amides is 1. The SMILES string of the molecule is COc1cc(CN(C(=O)C(F)(F)F)[C@H]2CCCNC2)cc(C)n1.S. The Morgan fingerprint density at radius 1 is 1.46 bits per heavy atom. The van der Waals surface area contributed by atoms with Crippen LogP contribution in [-0.2, 0) is 11.3 Å². The molecule has 1 N–H and O–H groups in total. The van der Waals surface area contributed by atoms with Crippen LogP contribution in [-0.4, -0.2) is 48.2 Å². The first-order valence-electron chi connectivity index (χ1n) is 7.41. The first-order valence-corrected chi connectivity index (χ1v) is 7.41. The zero-order valence-corrected chi connectivity index (χ0v) is 14.6. The van der Waals surface area contributed by atoms with Crippen LogP contribution in [0.3, 0.4) is 0 Å². The number of carbonyl (C=O) groups is 1. The molecule has 9 heteroatoms. The van der Waals surface area contributed by atoms with Gasteiger partial charge in [-0.2, -0.15) is 26.7 Å². The van der Waals surface area contributed by atoms with Gasteiger partial charge in [0.1, 0.15) is 0 Å². The van der Waals surface area contributed by atoms with Crippen molar-refractivity contribution in [3.63, 3.8) is 0 Å². The number of hydrogen-bond donors (Lipinski definition) is 1. The fourth-order valence-electron chi connectivity index (χ4n) is 2.73. The maximum absolute atomic E-state index is 12.9. The number of ether oxygens (including phenoxy) is 1. The molecule has 1 saturated heterocycles. The van der Waals surface area contributed by atoms with Crippen molar-refractivity contribution in [1.29, 1.82) is 0 Å². The van der Waals surface area contributed by atoms with Gasteiger partial charge in [-0.25, -0.2) is 4.98 Å². The Kier molecular flexibility index (Phi) is 7.34. The molecule has 0 unspecified atom stereocenters. The normalized spacial score (nSPS) is 17.8. The fourth-order valence-corrected chi connectivity index (χ4v) is 2.73. The second kappa shape index (κ2) is 8.57. The lowest BCUT2D eigenvalue weighted by Crippen LogP contribution is -2.52. The van der Waals surface area contributed by atoms with Gasteiger partial charge in [-0.3, -0.25) is 4.79 Å². The van der Waals surface area contributed by atoms with Crippen molar-refractivity contribution < 1.29 is 22.7 Å². The van der Waals surface area contributed by atoms with Crippen LogP contribution in [0.5, 0.6) is 5.88 Å². The second-order valence-corrected chi connectivity index (χ2v) is 5.59. The largest absolute Gasteiger partial charge is 0.481 e. The van der Waals surface area contributed by atoms with Crippen molar-refractivity contribution in [1.82, 2.24) is 15.2 Å². The summed E-state index contributed by atoms with van der Waals surface area (Å²) < 4.78 is 43.8. The van der Waals surface area contributed by atoms with Gasteiger partial charge >= 0.3 is 12.1 Å². The van der Waals surface area contributed by atoms with Gasteiger partial charge in [-0.15, -0.1) is 0 Å². The minimum atomic E-state index is -4.89. The smallest absolute Gasteiger partial charge is 0.471 e. The van der Waals surface area contributed by atoms with Gasteiger partial charge < -0.3 is 15.0 Å². The lowest BCUT2D eigenvalue weighted by molar-refractivity contribution is -0.189. The molecule has 1 amide bonds. The Balaban J connectivity index is 0.00000288. The van der Waals surface area contributed by atoms with Crippen LogP contribution in [0.4, 0.5) is 13.2 Å². The van der Waals surface area contributed by atoms with Crippen LogP contribution in [0.2, 0.25) is 0 Å². The standard InChI is InChI=1S/C15H20F3N3O2.H2S/c1-10-6-11(7-13(20-10)23-2)9-21(14(22)15(16,17)18)12-4-3-5-19-8-12;/h6-7,12,19H,3-5,8-9H2,1-2H3;1H2/t12-;/m0./s1. The van der Waals surface area contributed by atoms with Crippen molar-refractivity contribution >= 4 is 19.4 Å². The molecule has 1 fully saturated rings. The van der Waals surface area contributed by atoms with E-state index in [9.17, 15) is 18.0 Å². The molecule has 1 aliphatic heterocycles. The van der Waals surface area contributed by atoms with Crippen LogP contribution in [0, 0.1) is 6.92 Å². The van der Waals surface area contributed by atoms with Crippen molar-refractivity contribution in [2.24, 2.45) is 0 Å². The molecule has 0 aliphatic carbocycles. The number of nitrogens with one attached hydrogen (secondary N) is 1. The highest BCUT2D eigenvalue weighted by atomic mass is 32.1. The Labute approximate surface area is 146 Å². The number of hydrogen-bond acceptors (Lipinski definition) is 4. The molecule has 136 valence electrons. The summed E-state index contributed by atoms with van der Waals surface area (Å²) in [5.74, 6) is -1.49. The van der Waals surface area contributed by atoms with E-state index in [2.05, 4.69) is 10.3 Å². The summed E-state index contributed by atoms with van der Waals surface area (Å²) in [6, 6.07) is 2.74. The molecule has 1 atom stereocenters. The Morgan fingerprint density at radius 2 is 2.17 bits per heavy atom. The summed E-state index contributed by atoms with van der Waals surface area (Å²) in [6.45, 7) is 2.73. The predicted octanol–water partition coefficient (Wildman–Crippen LogP) is 2.15. The molecule has 24 heavy (non-hydrogen) atoms. The summed E-state index contributed by atoms with van der Waals surface area (Å²) in [7, 11) is 1.44. The van der Waals surface area contributed by atoms with Crippen molar-refractivity contribution in [3.05, 3.63) is 23.4 Å². The van der Waals surface area contributed by atoms with Gasteiger partial charge in [0.2, 0.25) is 5.88 Å². The first kappa shape index (κ1) is 20.6. The molecule has 0 saturated carbocycles. The van der Waals surface area contributed by atoms with Gasteiger partial charge in [0.25, 0.3) is 0 Å². The lowest BCUT2D eigenvalue weighted by Gasteiger charge is -2.35. The number of aryl methyl sites for hydroxylation is 1. The van der Waals surface area contributed by atoms with Gasteiger partial charge in [-0.1, -0.05) is 0 Å². The summed E-state index contributed by atoms with van der Waals surface area (Å²) in [6.07, 6.45) is -3.59. The molecule has 0 radical (unpaired) electrons. The lowest BCUT2D eigenvalue weighted by atomic mass is 10.0. The van der Waals surface area contributed by atoms with E-state index in [-0.39, 0.29) is 20.0 Å². The van der Waals surface area contributed by atoms with Gasteiger partial charge in [0.15, 0.2) is 0 Å². The molecule has 0 aromatic carbocycles. The highest BCUT2D eigenvalue weighted by Gasteiger charge is 2.44. The van der Waals surface area contributed by atoms with Crippen molar-refractivity contribution in [2.45, 2.75) is 38.5 Å². The second-order valence-electron chi connectivity index (χ2n) is 5.59. The quantitative estimate of drug-likeness (QED) is 0.888. The molecule has 5 nitrogen and oxygen atoms in total. The number of carbonyl (C=O) groups excluding carboxylic acids is 1. The highest BCUT2D eigenvalue weighted by molar-refractivity contribution is 7.59. The Bertz CT molecular complexity index is 563. The van der Waals surface area contributed by atoms with E-state index >= 15 is 0 Å². The zero-order chi connectivity index (χ0) is 17.0. The first-order chi connectivity index (χ1) is 10.8. The maximum Gasteiger partial charge on any atom is 0.471 e. The molecule has 2 rings (SSSR count). The molecule has 0 spiro atoms. The van der Waals surface area contributed by atoms with E-state index in [0.717, 1.165) is 17.9 Å². The number of pyridine rings is 1. The number of piperidine rings is 1. The third kappa shape index (κ3) is 5.27. The number of alkyl halides is 3. The molecule has 2 heterocycles. The van der Waals surface area contributed by atoms with Crippen LogP contribution < -0.4 is 10.1 Å². The van der Waals surface area contributed by atoms with Crippen LogP contribution >= 0.6 is 13.5 Å². The minimum absolute atomic E-state index is 0. The molecular formula is C15H22F3N3O2S. The third-order valence-electron chi connectivity index (χ3n) is 3.77. The monoisotopic (exact) mass is 365 g/mol. The van der Waals surface area contributed by atoms with E-state index in [0.29, 0.717) is 30.1 Å². The van der Waals surface area contributed by atoms with Crippen LogP contribution in [0.25, 0.3) is 0 Å². The third-order valence-corrected chi connectivity index (χ3v) is 3.77. The predicted molar refractivity (Wildman–Crippen MR) is 88.4 cm³/mol. The molecular weight excluding hydrogens is 343 g/mol. The Hall–Kier alpha value is -1.48. The highest BCUT2D eigenvalue weighted by Crippen LogP contribution is 2.25. The van der Waals surface area contributed by atoms with E-state index in [4.69, 9.17) is 4.74 Å². The Morgan fingerprint density at radius 3 is 2.71 bits per heavy atom. The number of nitrogens with zero attached hydrogens (tertiary/aromatic N) is 2. The van der Waals surface area contributed by atoms with E-state index < -0.39 is 18.1 Å². The van der Waals surface area contributed by atoms with Gasteiger partial charge in [-0.05, 0) is 37.9 Å². The average Bonchev–Trinajstić information content (AvgIpc) is 2.51. The molecule has 1 aliphatic rings. The summed E-state index contributed by atoms with van der Waals surface area (Å²) >= 11 is 0. The average molecular weight is 365 g/mol. The van der Waals surface area contributed by atoms with Crippen molar-refractivity contribution in [2.75, 3.05) is 20.2 Å². The topological polar surface area (TPSA) is 54.5 Å². The summed E-state index contributed by atoms with van der Waals surface area (Å²) in [5, 5.41) is 3.04. The minimum Gasteiger partial charge on any atom is -0.481 e. The maximum atomic E-state index is 12.9. The number of aromatic nitrogens is 1. The fraction of sp³-hybridized carbons (Fsp3) is 0.600. The van der Waals surface area contributed by atoms with Crippen molar-refractivity contribution in [3.8, 4) is 5.88 Å². The molecule has 0 bridgehead atoms. The zero-order valence-electron chi connectivity index (χ0n) is 13.6. The van der Waals surface area contributed by atoms with Crippen LogP contribution in [0.15, 0.2) is 12.1 Å². The van der Waals surface area contributed by atoms with E-state index in [1.54, 1.807) is 19.1 Å². The molecule has 1 aromatic rings. The number of halogens is 3. The van der Waals surface area contributed by atoms with Gasteiger partial charge in [0.05, 0.1) is 7.11 Å².